The van der Waals surface area contributed by atoms with Gasteiger partial charge in [-0.05, 0) is 0 Å². The SMILES string of the molecule is OCC1O[C@@H](O[C@@H]2C(CO)O[C@@H](Br)C(O)[C@H]2O)C(O)[C@@H](O)[C@@H]1O. The molecule has 0 aliphatic carbocycles. The fourth-order valence-electron chi connectivity index (χ4n) is 2.54. The van der Waals surface area contributed by atoms with Crippen LogP contribution in [-0.2, 0) is 14.2 Å². The highest BCUT2D eigenvalue weighted by Gasteiger charge is 2.49. The van der Waals surface area contributed by atoms with Gasteiger partial charge in [0.2, 0.25) is 0 Å². The summed E-state index contributed by atoms with van der Waals surface area (Å²) in [6, 6.07) is 0. The van der Waals surface area contributed by atoms with Crippen molar-refractivity contribution in [1.82, 2.24) is 0 Å². The minimum atomic E-state index is -1.67. The van der Waals surface area contributed by atoms with Gasteiger partial charge in [-0.3, -0.25) is 0 Å². The summed E-state index contributed by atoms with van der Waals surface area (Å²) in [4.78, 5) is 0. The smallest absolute Gasteiger partial charge is 0.187 e. The van der Waals surface area contributed by atoms with E-state index in [1.165, 1.54) is 0 Å². The molecule has 2 aliphatic rings. The maximum atomic E-state index is 10.1. The van der Waals surface area contributed by atoms with Crippen molar-refractivity contribution in [2.75, 3.05) is 13.2 Å². The van der Waals surface area contributed by atoms with E-state index in [0.29, 0.717) is 0 Å². The second-order valence-corrected chi connectivity index (χ2v) is 6.39. The number of hydrogen-bond acceptors (Lipinski definition) is 10. The lowest BCUT2D eigenvalue weighted by Gasteiger charge is -2.45. The van der Waals surface area contributed by atoms with E-state index in [-0.39, 0.29) is 0 Å². The van der Waals surface area contributed by atoms with Crippen LogP contribution in [0.3, 0.4) is 0 Å². The first-order chi connectivity index (χ1) is 10.8. The first kappa shape index (κ1) is 19.4. The number of aliphatic hydroxyl groups excluding tert-OH is 7. The van der Waals surface area contributed by atoms with Crippen LogP contribution in [0.15, 0.2) is 0 Å². The molecule has 0 saturated carbocycles. The van der Waals surface area contributed by atoms with Crippen LogP contribution in [0.1, 0.15) is 0 Å². The molecule has 0 bridgehead atoms. The molecule has 10 nitrogen and oxygen atoms in total. The van der Waals surface area contributed by atoms with Crippen LogP contribution in [0.25, 0.3) is 0 Å². The number of ether oxygens (including phenoxy) is 3. The molecule has 2 heterocycles. The molecule has 4 unspecified atom stereocenters. The van der Waals surface area contributed by atoms with Gasteiger partial charge in [0.05, 0.1) is 13.2 Å². The molecule has 0 aromatic carbocycles. The van der Waals surface area contributed by atoms with Crippen LogP contribution in [-0.4, -0.2) is 109 Å². The zero-order valence-electron chi connectivity index (χ0n) is 11.9. The third-order valence-corrected chi connectivity index (χ3v) is 4.70. The second-order valence-electron chi connectivity index (χ2n) is 5.49. The number of rotatable bonds is 4. The van der Waals surface area contributed by atoms with Crippen LogP contribution in [0, 0.1) is 0 Å². The highest BCUT2D eigenvalue weighted by Crippen LogP contribution is 2.30. The van der Waals surface area contributed by atoms with Crippen molar-refractivity contribution in [3.8, 4) is 0 Å². The predicted octanol–water partition coefficient (Wildman–Crippen LogP) is -3.99. The zero-order valence-corrected chi connectivity index (χ0v) is 13.5. The highest BCUT2D eigenvalue weighted by atomic mass is 79.9. The standard InChI is InChI=1S/C12H21BrO10/c13-11-8(19)7(18)10(4(2-15)21-11)23-12-9(20)6(17)5(16)3(1-14)22-12/h3-12,14-20H,1-2H2/t3?,4?,5-,6+,7-,8?,9?,10-,11-,12+/m1/s1. The van der Waals surface area contributed by atoms with Gasteiger partial charge in [0.1, 0.15) is 53.8 Å². The lowest BCUT2D eigenvalue weighted by molar-refractivity contribution is -0.337. The highest BCUT2D eigenvalue weighted by molar-refractivity contribution is 9.09. The first-order valence-corrected chi connectivity index (χ1v) is 7.95. The monoisotopic (exact) mass is 404 g/mol. The van der Waals surface area contributed by atoms with Gasteiger partial charge >= 0.3 is 0 Å². The maximum absolute atomic E-state index is 10.1. The summed E-state index contributed by atoms with van der Waals surface area (Å²) in [7, 11) is 0. The van der Waals surface area contributed by atoms with Gasteiger partial charge in [-0.25, -0.2) is 0 Å². The van der Waals surface area contributed by atoms with E-state index in [9.17, 15) is 30.6 Å². The molecule has 2 fully saturated rings. The van der Waals surface area contributed by atoms with Crippen molar-refractivity contribution in [3.05, 3.63) is 0 Å². The van der Waals surface area contributed by atoms with E-state index in [1.54, 1.807) is 0 Å². The molecule has 10 atom stereocenters. The number of aliphatic hydroxyl groups is 7. The summed E-state index contributed by atoms with van der Waals surface area (Å²) in [6.45, 7) is -1.18. The van der Waals surface area contributed by atoms with Gasteiger partial charge in [0, 0.05) is 0 Å². The average molecular weight is 405 g/mol. The minimum absolute atomic E-state index is 0.548. The van der Waals surface area contributed by atoms with Gasteiger partial charge in [0.15, 0.2) is 6.29 Å². The normalized spacial score (nSPS) is 51.7. The largest absolute Gasteiger partial charge is 0.394 e. The lowest BCUT2D eigenvalue weighted by atomic mass is 9.97. The molecular formula is C12H21BrO10. The third kappa shape index (κ3) is 3.85. The van der Waals surface area contributed by atoms with E-state index in [1.807, 2.05) is 0 Å². The van der Waals surface area contributed by atoms with Gasteiger partial charge in [-0.1, -0.05) is 15.9 Å². The summed E-state index contributed by atoms with van der Waals surface area (Å²) in [5.41, 5.74) is 0. The van der Waals surface area contributed by atoms with Gasteiger partial charge in [-0.15, -0.1) is 0 Å². The summed E-state index contributed by atoms with van der Waals surface area (Å²) >= 11 is 2.99. The summed E-state index contributed by atoms with van der Waals surface area (Å²) < 4.78 is 15.8. The Balaban J connectivity index is 2.11. The quantitative estimate of drug-likeness (QED) is 0.229. The molecule has 0 radical (unpaired) electrons. The molecule has 136 valence electrons. The summed E-state index contributed by atoms with van der Waals surface area (Å²) in [5.74, 6) is 0. The van der Waals surface area contributed by atoms with E-state index < -0.39 is 73.3 Å². The average Bonchev–Trinajstić information content (AvgIpc) is 2.55. The van der Waals surface area contributed by atoms with Crippen molar-refractivity contribution in [2.24, 2.45) is 0 Å². The Morgan fingerprint density at radius 1 is 0.739 bits per heavy atom. The van der Waals surface area contributed by atoms with E-state index in [2.05, 4.69) is 15.9 Å². The van der Waals surface area contributed by atoms with Crippen LogP contribution < -0.4 is 0 Å². The van der Waals surface area contributed by atoms with Crippen LogP contribution >= 0.6 is 15.9 Å². The van der Waals surface area contributed by atoms with Crippen LogP contribution in [0.4, 0.5) is 0 Å². The topological polar surface area (TPSA) is 169 Å². The Bertz CT molecular complexity index is 383. The lowest BCUT2D eigenvalue weighted by Crippen LogP contribution is -2.63. The minimum Gasteiger partial charge on any atom is -0.394 e. The van der Waals surface area contributed by atoms with Crippen molar-refractivity contribution < 1.29 is 50.0 Å². The molecule has 23 heavy (non-hydrogen) atoms. The van der Waals surface area contributed by atoms with Crippen LogP contribution in [0.5, 0.6) is 0 Å². The Morgan fingerprint density at radius 3 is 1.91 bits per heavy atom. The molecule has 2 saturated heterocycles. The Labute approximate surface area is 140 Å². The van der Waals surface area contributed by atoms with Crippen molar-refractivity contribution in [3.63, 3.8) is 0 Å². The fraction of sp³-hybridized carbons (Fsp3) is 1.00. The van der Waals surface area contributed by atoms with Gasteiger partial charge < -0.3 is 50.0 Å². The number of alkyl halides is 1. The summed E-state index contributed by atoms with van der Waals surface area (Å²) in [5, 5.41) is 66.7. The number of halogens is 1. The fourth-order valence-corrected chi connectivity index (χ4v) is 3.13. The zero-order chi connectivity index (χ0) is 17.3. The maximum Gasteiger partial charge on any atom is 0.187 e. The second kappa shape index (κ2) is 7.97. The van der Waals surface area contributed by atoms with Crippen molar-refractivity contribution in [2.45, 2.75) is 60.1 Å². The molecule has 0 aromatic rings. The Hall–Kier alpha value is 0.0800. The van der Waals surface area contributed by atoms with Gasteiger partial charge in [0.25, 0.3) is 0 Å². The van der Waals surface area contributed by atoms with E-state index in [0.717, 1.165) is 0 Å². The van der Waals surface area contributed by atoms with E-state index >= 15 is 0 Å². The Morgan fingerprint density at radius 2 is 1.35 bits per heavy atom. The molecule has 2 aliphatic heterocycles. The molecule has 7 N–H and O–H groups in total. The molecule has 2 rings (SSSR count). The van der Waals surface area contributed by atoms with Crippen LogP contribution in [0.2, 0.25) is 0 Å². The molecule has 0 aromatic heterocycles. The molecule has 11 heteroatoms. The number of hydrogen-bond donors (Lipinski definition) is 7. The molecular weight excluding hydrogens is 384 g/mol. The third-order valence-electron chi connectivity index (χ3n) is 3.95. The molecule has 0 amide bonds. The van der Waals surface area contributed by atoms with Crippen molar-refractivity contribution in [1.29, 1.82) is 0 Å². The van der Waals surface area contributed by atoms with E-state index in [4.69, 9.17) is 19.3 Å². The Kier molecular flexibility index (Phi) is 6.73. The predicted molar refractivity (Wildman–Crippen MR) is 75.3 cm³/mol. The van der Waals surface area contributed by atoms with Gasteiger partial charge in [-0.2, -0.15) is 0 Å². The van der Waals surface area contributed by atoms with Crippen molar-refractivity contribution >= 4 is 15.9 Å². The first-order valence-electron chi connectivity index (χ1n) is 7.04. The summed E-state index contributed by atoms with van der Waals surface area (Å²) in [6.07, 6.45) is -12.7. The molecule has 0 spiro atoms.